The molecule has 7 heteroatoms. The number of fused-ring (bicyclic) bond motifs is 1. The molecule has 3 aromatic carbocycles. The van der Waals surface area contributed by atoms with Crippen LogP contribution in [0.15, 0.2) is 66.7 Å². The zero-order valence-electron chi connectivity index (χ0n) is 17.7. The predicted molar refractivity (Wildman–Crippen MR) is 123 cm³/mol. The Morgan fingerprint density at radius 2 is 1.75 bits per heavy atom. The molecule has 4 rings (SSSR count). The average molecular weight is 429 g/mol. The number of aromatic hydroxyl groups is 2. The first kappa shape index (κ1) is 21.1. The molecule has 1 heterocycles. The Labute approximate surface area is 185 Å². The molecule has 32 heavy (non-hydrogen) atoms. The van der Waals surface area contributed by atoms with Crippen LogP contribution in [0.3, 0.4) is 0 Å². The van der Waals surface area contributed by atoms with E-state index in [2.05, 4.69) is 10.9 Å². The van der Waals surface area contributed by atoms with Crippen molar-refractivity contribution in [2.75, 3.05) is 11.4 Å². The van der Waals surface area contributed by atoms with Crippen molar-refractivity contribution >= 4 is 28.8 Å². The molecule has 0 bridgehead atoms. The summed E-state index contributed by atoms with van der Waals surface area (Å²) in [6, 6.07) is 17.3. The lowest BCUT2D eigenvalue weighted by molar-refractivity contribution is -0.112. The third-order valence-electron chi connectivity index (χ3n) is 5.47. The molecular weight excluding hydrogens is 406 g/mol. The molecule has 0 aromatic heterocycles. The number of para-hydroxylation sites is 1. The molecule has 0 aliphatic carbocycles. The fourth-order valence-corrected chi connectivity index (χ4v) is 3.58. The molecule has 162 valence electrons. The summed E-state index contributed by atoms with van der Waals surface area (Å²) in [5.41, 5.74) is 10.7. The minimum atomic E-state index is -0.478. The van der Waals surface area contributed by atoms with Gasteiger partial charge < -0.3 is 10.2 Å². The minimum Gasteiger partial charge on any atom is -0.504 e. The van der Waals surface area contributed by atoms with Gasteiger partial charge in [-0.1, -0.05) is 30.3 Å². The molecule has 4 N–H and O–H groups in total. The number of aryl methyl sites for hydroxylation is 2. The van der Waals surface area contributed by atoms with Crippen LogP contribution in [0.25, 0.3) is 5.57 Å². The zero-order valence-corrected chi connectivity index (χ0v) is 17.7. The number of hydrazine groups is 1. The summed E-state index contributed by atoms with van der Waals surface area (Å²) >= 11 is 0. The molecule has 7 nitrogen and oxygen atoms in total. The van der Waals surface area contributed by atoms with Crippen LogP contribution in [0, 0.1) is 13.8 Å². The van der Waals surface area contributed by atoms with Crippen LogP contribution < -0.4 is 15.8 Å². The number of rotatable bonds is 5. The van der Waals surface area contributed by atoms with Crippen LogP contribution in [0.5, 0.6) is 11.5 Å². The van der Waals surface area contributed by atoms with Crippen molar-refractivity contribution in [2.24, 2.45) is 0 Å². The van der Waals surface area contributed by atoms with Gasteiger partial charge in [-0.25, -0.2) is 5.43 Å². The highest BCUT2D eigenvalue weighted by molar-refractivity contribution is 6.35. The molecule has 3 aromatic rings. The van der Waals surface area contributed by atoms with Gasteiger partial charge in [0.2, 0.25) is 0 Å². The molecule has 0 fully saturated rings. The highest BCUT2D eigenvalue weighted by Crippen LogP contribution is 2.41. The molecule has 0 saturated heterocycles. The molecular formula is C25H23N3O4. The predicted octanol–water partition coefficient (Wildman–Crippen LogP) is 3.71. The van der Waals surface area contributed by atoms with E-state index < -0.39 is 5.91 Å². The van der Waals surface area contributed by atoms with Crippen molar-refractivity contribution in [1.82, 2.24) is 10.9 Å². The van der Waals surface area contributed by atoms with Crippen molar-refractivity contribution < 1.29 is 19.8 Å². The molecule has 2 amide bonds. The van der Waals surface area contributed by atoms with Gasteiger partial charge >= 0.3 is 0 Å². The Hall–Kier alpha value is -4.10. The number of nitrogens with one attached hydrogen (secondary N) is 2. The number of amides is 2. The van der Waals surface area contributed by atoms with E-state index in [-0.39, 0.29) is 29.5 Å². The SMILES string of the molecule is Cc1ccc(N2C(=O)C(=CCNNC(=O)c3ccc(O)c(O)c3)c3ccccc32)cc1C. The number of phenols is 2. The summed E-state index contributed by atoms with van der Waals surface area (Å²) in [6.07, 6.45) is 1.73. The first-order chi connectivity index (χ1) is 15.4. The maximum Gasteiger partial charge on any atom is 0.265 e. The maximum atomic E-state index is 13.3. The smallest absolute Gasteiger partial charge is 0.265 e. The van der Waals surface area contributed by atoms with E-state index in [9.17, 15) is 19.8 Å². The number of phenolic OH excluding ortho intramolecular Hbond substituents is 2. The third-order valence-corrected chi connectivity index (χ3v) is 5.47. The van der Waals surface area contributed by atoms with Crippen molar-refractivity contribution in [3.8, 4) is 11.5 Å². The van der Waals surface area contributed by atoms with Crippen LogP contribution >= 0.6 is 0 Å². The molecule has 1 aliphatic heterocycles. The monoisotopic (exact) mass is 429 g/mol. The molecule has 0 atom stereocenters. The fourth-order valence-electron chi connectivity index (χ4n) is 3.58. The van der Waals surface area contributed by atoms with Crippen LogP contribution in [0.1, 0.15) is 27.0 Å². The Morgan fingerprint density at radius 3 is 2.50 bits per heavy atom. The molecule has 0 unspecified atom stereocenters. The summed E-state index contributed by atoms with van der Waals surface area (Å²) in [4.78, 5) is 27.2. The van der Waals surface area contributed by atoms with Crippen LogP contribution in [0.4, 0.5) is 11.4 Å². The lowest BCUT2D eigenvalue weighted by atomic mass is 10.1. The van der Waals surface area contributed by atoms with Crippen molar-refractivity contribution in [2.45, 2.75) is 13.8 Å². The van der Waals surface area contributed by atoms with Crippen LogP contribution in [-0.4, -0.2) is 28.6 Å². The fraction of sp³-hybridized carbons (Fsp3) is 0.120. The summed E-state index contributed by atoms with van der Waals surface area (Å²) in [6.45, 7) is 4.26. The van der Waals surface area contributed by atoms with Gasteiger partial charge in [0, 0.05) is 28.9 Å². The Kier molecular flexibility index (Phi) is 5.66. The van der Waals surface area contributed by atoms with Gasteiger partial charge in [-0.15, -0.1) is 0 Å². The van der Waals surface area contributed by atoms with Gasteiger partial charge in [-0.3, -0.25) is 19.9 Å². The number of hydrogen-bond acceptors (Lipinski definition) is 5. The normalized spacial score (nSPS) is 14.0. The van der Waals surface area contributed by atoms with Gasteiger partial charge in [0.1, 0.15) is 0 Å². The van der Waals surface area contributed by atoms with E-state index in [1.807, 2.05) is 56.3 Å². The van der Waals surface area contributed by atoms with Crippen molar-refractivity contribution in [3.05, 3.63) is 89.0 Å². The van der Waals surface area contributed by atoms with Gasteiger partial charge in [-0.2, -0.15) is 0 Å². The van der Waals surface area contributed by atoms with Gasteiger partial charge in [-0.05, 0) is 61.4 Å². The van der Waals surface area contributed by atoms with Crippen molar-refractivity contribution in [3.63, 3.8) is 0 Å². The average Bonchev–Trinajstić information content (AvgIpc) is 3.06. The largest absolute Gasteiger partial charge is 0.504 e. The second-order valence-corrected chi connectivity index (χ2v) is 7.58. The number of hydrogen-bond donors (Lipinski definition) is 4. The van der Waals surface area contributed by atoms with Gasteiger partial charge in [0.05, 0.1) is 5.69 Å². The van der Waals surface area contributed by atoms with E-state index in [1.165, 1.54) is 18.2 Å². The number of carbonyl (C=O) groups excluding carboxylic acids is 2. The first-order valence-electron chi connectivity index (χ1n) is 10.1. The highest BCUT2D eigenvalue weighted by Gasteiger charge is 2.33. The van der Waals surface area contributed by atoms with E-state index in [4.69, 9.17) is 0 Å². The second kappa shape index (κ2) is 8.56. The van der Waals surface area contributed by atoms with E-state index in [0.29, 0.717) is 5.57 Å². The van der Waals surface area contributed by atoms with E-state index in [1.54, 1.807) is 11.0 Å². The van der Waals surface area contributed by atoms with E-state index >= 15 is 0 Å². The maximum absolute atomic E-state index is 13.3. The zero-order chi connectivity index (χ0) is 22.8. The summed E-state index contributed by atoms with van der Waals surface area (Å²) in [5, 5.41) is 18.9. The Morgan fingerprint density at radius 1 is 0.969 bits per heavy atom. The lowest BCUT2D eigenvalue weighted by Gasteiger charge is -2.18. The number of anilines is 2. The van der Waals surface area contributed by atoms with Crippen molar-refractivity contribution in [1.29, 1.82) is 0 Å². The molecule has 1 aliphatic rings. The van der Waals surface area contributed by atoms with E-state index in [0.717, 1.165) is 28.1 Å². The minimum absolute atomic E-state index is 0.133. The standard InChI is InChI=1S/C25H23N3O4/c1-15-7-9-18(13-16(15)2)28-21-6-4-3-5-19(21)20(25(28)32)11-12-26-27-24(31)17-8-10-22(29)23(30)14-17/h3-11,13-14,26,29-30H,12H2,1-2H3,(H,27,31). The topological polar surface area (TPSA) is 102 Å². The van der Waals surface area contributed by atoms with Gasteiger partial charge in [0.25, 0.3) is 11.8 Å². The molecule has 0 saturated carbocycles. The summed E-state index contributed by atoms with van der Waals surface area (Å²) in [5.74, 6) is -1.29. The number of benzene rings is 3. The highest BCUT2D eigenvalue weighted by atomic mass is 16.3. The summed E-state index contributed by atoms with van der Waals surface area (Å²) in [7, 11) is 0. The number of carbonyl (C=O) groups is 2. The number of nitrogens with zero attached hydrogens (tertiary/aromatic N) is 1. The quantitative estimate of drug-likeness (QED) is 0.214. The van der Waals surface area contributed by atoms with Crippen LogP contribution in [0.2, 0.25) is 0 Å². The molecule has 0 radical (unpaired) electrons. The lowest BCUT2D eigenvalue weighted by Crippen LogP contribution is -2.37. The first-order valence-corrected chi connectivity index (χ1v) is 10.1. The third kappa shape index (κ3) is 3.93. The summed E-state index contributed by atoms with van der Waals surface area (Å²) < 4.78 is 0. The van der Waals surface area contributed by atoms with Crippen LogP contribution in [-0.2, 0) is 4.79 Å². The second-order valence-electron chi connectivity index (χ2n) is 7.58. The Balaban J connectivity index is 1.50. The molecule has 0 spiro atoms. The van der Waals surface area contributed by atoms with Gasteiger partial charge in [0.15, 0.2) is 11.5 Å². The Bertz CT molecular complexity index is 1250.